The smallest absolute Gasteiger partial charge is 0.305 e. The van der Waals surface area contributed by atoms with Gasteiger partial charge < -0.3 is 10.0 Å². The number of benzene rings is 1. The molecule has 0 unspecified atom stereocenters. The minimum atomic E-state index is -0.776. The lowest BCUT2D eigenvalue weighted by Gasteiger charge is -2.23. The van der Waals surface area contributed by atoms with Crippen molar-refractivity contribution in [3.8, 4) is 0 Å². The largest absolute Gasteiger partial charge is 0.481 e. The van der Waals surface area contributed by atoms with Crippen LogP contribution in [0.3, 0.4) is 0 Å². The van der Waals surface area contributed by atoms with Gasteiger partial charge in [0.15, 0.2) is 0 Å². The molecular formula is C14H16N2O2S. The molecule has 0 saturated carbocycles. The van der Waals surface area contributed by atoms with E-state index in [9.17, 15) is 4.79 Å². The van der Waals surface area contributed by atoms with Crippen molar-refractivity contribution in [3.05, 3.63) is 46.4 Å². The highest BCUT2D eigenvalue weighted by molar-refractivity contribution is 7.11. The molecule has 0 aliphatic carbocycles. The number of hydrogen-bond acceptors (Lipinski definition) is 4. The predicted molar refractivity (Wildman–Crippen MR) is 76.6 cm³/mol. The Morgan fingerprint density at radius 2 is 2.11 bits per heavy atom. The van der Waals surface area contributed by atoms with Gasteiger partial charge in [-0.25, -0.2) is 4.98 Å². The lowest BCUT2D eigenvalue weighted by Crippen LogP contribution is -2.25. The second-order valence-electron chi connectivity index (χ2n) is 4.25. The molecule has 4 nitrogen and oxygen atoms in total. The quantitative estimate of drug-likeness (QED) is 0.881. The molecule has 100 valence electrons. The van der Waals surface area contributed by atoms with Gasteiger partial charge in [0.25, 0.3) is 0 Å². The van der Waals surface area contributed by atoms with Gasteiger partial charge in [-0.1, -0.05) is 18.2 Å². The first-order valence-corrected chi connectivity index (χ1v) is 6.90. The third kappa shape index (κ3) is 4.06. The number of carbonyl (C=O) groups is 1. The van der Waals surface area contributed by atoms with Crippen molar-refractivity contribution in [2.24, 2.45) is 0 Å². The Bertz CT molecular complexity index is 539. The van der Waals surface area contributed by atoms with Crippen molar-refractivity contribution in [3.63, 3.8) is 0 Å². The highest BCUT2D eigenvalue weighted by Crippen LogP contribution is 2.20. The summed E-state index contributed by atoms with van der Waals surface area (Å²) in [5, 5.41) is 9.87. The highest BCUT2D eigenvalue weighted by atomic mass is 32.1. The van der Waals surface area contributed by atoms with Gasteiger partial charge >= 0.3 is 5.97 Å². The normalized spacial score (nSPS) is 10.4. The number of aryl methyl sites for hydroxylation is 1. The zero-order valence-corrected chi connectivity index (χ0v) is 11.6. The fourth-order valence-corrected chi connectivity index (χ4v) is 2.65. The fourth-order valence-electron chi connectivity index (χ4n) is 1.84. The lowest BCUT2D eigenvalue weighted by atomic mass is 10.2. The van der Waals surface area contributed by atoms with Crippen LogP contribution in [-0.4, -0.2) is 22.6 Å². The van der Waals surface area contributed by atoms with Crippen LogP contribution in [0.15, 0.2) is 36.5 Å². The van der Waals surface area contributed by atoms with Crippen molar-refractivity contribution in [1.29, 1.82) is 0 Å². The number of aromatic nitrogens is 1. The number of rotatable bonds is 6. The van der Waals surface area contributed by atoms with Crippen LogP contribution < -0.4 is 4.90 Å². The van der Waals surface area contributed by atoms with E-state index in [2.05, 4.69) is 9.88 Å². The number of nitrogens with zero attached hydrogens (tertiary/aromatic N) is 2. The Hall–Kier alpha value is -1.88. The molecule has 0 fully saturated rings. The van der Waals surface area contributed by atoms with Crippen molar-refractivity contribution in [2.75, 3.05) is 11.4 Å². The number of carboxylic acids is 1. The first-order chi connectivity index (χ1) is 9.15. The number of aliphatic carboxylic acids is 1. The molecule has 2 aromatic rings. The summed E-state index contributed by atoms with van der Waals surface area (Å²) in [6.07, 6.45) is 1.99. The summed E-state index contributed by atoms with van der Waals surface area (Å²) in [5.41, 5.74) is 1.04. The maximum absolute atomic E-state index is 10.8. The first-order valence-electron chi connectivity index (χ1n) is 6.08. The molecule has 0 amide bonds. The third-order valence-electron chi connectivity index (χ3n) is 2.73. The molecule has 5 heteroatoms. The molecule has 0 aliphatic heterocycles. The molecular weight excluding hydrogens is 260 g/mol. The summed E-state index contributed by atoms with van der Waals surface area (Å²) >= 11 is 1.64. The summed E-state index contributed by atoms with van der Waals surface area (Å²) in [6, 6.07) is 9.86. The molecule has 0 saturated heterocycles. The van der Waals surface area contributed by atoms with Gasteiger partial charge in [-0.2, -0.15) is 0 Å². The lowest BCUT2D eigenvalue weighted by molar-refractivity contribution is -0.136. The van der Waals surface area contributed by atoms with E-state index >= 15 is 0 Å². The van der Waals surface area contributed by atoms with Gasteiger partial charge in [0, 0.05) is 23.3 Å². The van der Waals surface area contributed by atoms with E-state index in [-0.39, 0.29) is 6.42 Å². The third-order valence-corrected chi connectivity index (χ3v) is 3.63. The molecule has 1 heterocycles. The summed E-state index contributed by atoms with van der Waals surface area (Å²) in [4.78, 5) is 18.2. The molecule has 0 atom stereocenters. The zero-order valence-electron chi connectivity index (χ0n) is 10.7. The SMILES string of the molecule is Cc1ncc(CN(CCC(=O)O)c2ccccc2)s1. The van der Waals surface area contributed by atoms with Gasteiger partial charge in [-0.05, 0) is 19.1 Å². The highest BCUT2D eigenvalue weighted by Gasteiger charge is 2.10. The monoisotopic (exact) mass is 276 g/mol. The van der Waals surface area contributed by atoms with Crippen LogP contribution in [0.1, 0.15) is 16.3 Å². The van der Waals surface area contributed by atoms with Crippen molar-refractivity contribution >= 4 is 23.0 Å². The molecule has 0 spiro atoms. The summed E-state index contributed by atoms with van der Waals surface area (Å²) in [6.45, 7) is 3.16. The molecule has 0 aliphatic rings. The molecule has 1 N–H and O–H groups in total. The van der Waals surface area contributed by atoms with E-state index in [0.717, 1.165) is 15.6 Å². The van der Waals surface area contributed by atoms with E-state index in [1.807, 2.05) is 43.5 Å². The van der Waals surface area contributed by atoms with Crippen molar-refractivity contribution in [2.45, 2.75) is 19.9 Å². The maximum atomic E-state index is 10.8. The molecule has 0 radical (unpaired) electrons. The number of para-hydroxylation sites is 1. The van der Waals surface area contributed by atoms with Crippen LogP contribution in [0.4, 0.5) is 5.69 Å². The van der Waals surface area contributed by atoms with E-state index in [4.69, 9.17) is 5.11 Å². The molecule has 1 aromatic heterocycles. The summed E-state index contributed by atoms with van der Waals surface area (Å²) < 4.78 is 0. The van der Waals surface area contributed by atoms with Gasteiger partial charge in [-0.3, -0.25) is 4.79 Å². The maximum Gasteiger partial charge on any atom is 0.305 e. The molecule has 2 rings (SSSR count). The van der Waals surface area contributed by atoms with Crippen molar-refractivity contribution < 1.29 is 9.90 Å². The van der Waals surface area contributed by atoms with Crippen LogP contribution in [-0.2, 0) is 11.3 Å². The number of carboxylic acid groups (broad SMARTS) is 1. The second kappa shape index (κ2) is 6.33. The number of thiazole rings is 1. The average molecular weight is 276 g/mol. The Kier molecular flexibility index (Phi) is 4.52. The molecule has 19 heavy (non-hydrogen) atoms. The van der Waals surface area contributed by atoms with Crippen LogP contribution in [0, 0.1) is 6.92 Å². The Labute approximate surface area is 116 Å². The van der Waals surface area contributed by atoms with E-state index < -0.39 is 5.97 Å². The molecule has 0 bridgehead atoms. The fraction of sp³-hybridized carbons (Fsp3) is 0.286. The summed E-state index contributed by atoms with van der Waals surface area (Å²) in [5.74, 6) is -0.776. The Morgan fingerprint density at radius 3 is 2.68 bits per heavy atom. The van der Waals surface area contributed by atoms with E-state index in [1.54, 1.807) is 11.3 Å². The second-order valence-corrected chi connectivity index (χ2v) is 5.57. The van der Waals surface area contributed by atoms with Gasteiger partial charge in [0.05, 0.1) is 18.0 Å². The van der Waals surface area contributed by atoms with Gasteiger partial charge in [-0.15, -0.1) is 11.3 Å². The topological polar surface area (TPSA) is 53.4 Å². The van der Waals surface area contributed by atoms with Crippen LogP contribution in [0.5, 0.6) is 0 Å². The van der Waals surface area contributed by atoms with Gasteiger partial charge in [0.1, 0.15) is 0 Å². The van der Waals surface area contributed by atoms with Crippen LogP contribution in [0.2, 0.25) is 0 Å². The van der Waals surface area contributed by atoms with Crippen LogP contribution in [0.25, 0.3) is 0 Å². The van der Waals surface area contributed by atoms with E-state index in [0.29, 0.717) is 13.1 Å². The minimum Gasteiger partial charge on any atom is -0.481 e. The molecule has 1 aromatic carbocycles. The minimum absolute atomic E-state index is 0.132. The van der Waals surface area contributed by atoms with Gasteiger partial charge in [0.2, 0.25) is 0 Å². The van der Waals surface area contributed by atoms with Crippen molar-refractivity contribution in [1.82, 2.24) is 4.98 Å². The Morgan fingerprint density at radius 1 is 1.37 bits per heavy atom. The predicted octanol–water partition coefficient (Wildman–Crippen LogP) is 2.93. The zero-order chi connectivity index (χ0) is 13.7. The average Bonchev–Trinajstić information content (AvgIpc) is 2.81. The van der Waals surface area contributed by atoms with Crippen LogP contribution >= 0.6 is 11.3 Å². The van der Waals surface area contributed by atoms with E-state index in [1.165, 1.54) is 0 Å². The summed E-state index contributed by atoms with van der Waals surface area (Å²) in [7, 11) is 0. The number of hydrogen-bond donors (Lipinski definition) is 1. The standard InChI is InChI=1S/C14H16N2O2S/c1-11-15-9-13(19-11)10-16(8-7-14(17)18)12-5-3-2-4-6-12/h2-6,9H,7-8,10H2,1H3,(H,17,18). The first kappa shape index (κ1) is 13.5. The Balaban J connectivity index is 2.12. The number of anilines is 1.